The second-order valence-corrected chi connectivity index (χ2v) is 2.89. The molecule has 0 spiro atoms. The molecule has 4 heteroatoms. The molecule has 0 bridgehead atoms. The summed E-state index contributed by atoms with van der Waals surface area (Å²) in [7, 11) is 3.52. The number of aliphatic hydroxyl groups is 1. The molecule has 72 valence electrons. The molecule has 0 radical (unpaired) electrons. The van der Waals surface area contributed by atoms with Crippen LogP contribution in [0.2, 0.25) is 0 Å². The lowest BCUT2D eigenvalue weighted by molar-refractivity contribution is -0.132. The number of amides is 1. The van der Waals surface area contributed by atoms with Crippen molar-refractivity contribution in [3.8, 4) is 0 Å². The molecule has 0 rings (SSSR count). The SMILES string of the molecule is CNCCC(=O)N(C)C(C)CO. The van der Waals surface area contributed by atoms with Gasteiger partial charge in [-0.25, -0.2) is 0 Å². The number of hydrogen-bond donors (Lipinski definition) is 2. The van der Waals surface area contributed by atoms with Crippen molar-refractivity contribution >= 4 is 5.91 Å². The van der Waals surface area contributed by atoms with Crippen molar-refractivity contribution in [2.75, 3.05) is 27.2 Å². The third-order valence-electron chi connectivity index (χ3n) is 1.91. The lowest BCUT2D eigenvalue weighted by Crippen LogP contribution is -2.38. The van der Waals surface area contributed by atoms with E-state index < -0.39 is 0 Å². The number of hydrogen-bond acceptors (Lipinski definition) is 3. The molecule has 0 aromatic carbocycles. The number of carbonyl (C=O) groups is 1. The monoisotopic (exact) mass is 174 g/mol. The highest BCUT2D eigenvalue weighted by Gasteiger charge is 2.13. The van der Waals surface area contributed by atoms with Crippen LogP contribution in [0.5, 0.6) is 0 Å². The van der Waals surface area contributed by atoms with Gasteiger partial charge < -0.3 is 15.3 Å². The molecule has 12 heavy (non-hydrogen) atoms. The molecule has 0 saturated heterocycles. The minimum atomic E-state index is -0.0886. The zero-order valence-corrected chi connectivity index (χ0v) is 8.00. The van der Waals surface area contributed by atoms with Crippen molar-refractivity contribution in [2.45, 2.75) is 19.4 Å². The molecule has 0 heterocycles. The molecule has 0 fully saturated rings. The maximum absolute atomic E-state index is 11.3. The van der Waals surface area contributed by atoms with E-state index in [1.165, 1.54) is 0 Å². The van der Waals surface area contributed by atoms with Crippen molar-refractivity contribution < 1.29 is 9.90 Å². The summed E-state index contributed by atoms with van der Waals surface area (Å²) >= 11 is 0. The van der Waals surface area contributed by atoms with E-state index in [1.54, 1.807) is 11.9 Å². The Morgan fingerprint density at radius 3 is 2.67 bits per heavy atom. The van der Waals surface area contributed by atoms with E-state index in [1.807, 2.05) is 14.0 Å². The molecule has 1 unspecified atom stereocenters. The Morgan fingerprint density at radius 1 is 1.67 bits per heavy atom. The van der Waals surface area contributed by atoms with Gasteiger partial charge in [-0.1, -0.05) is 0 Å². The second kappa shape index (κ2) is 5.97. The van der Waals surface area contributed by atoms with Gasteiger partial charge in [0.2, 0.25) is 5.91 Å². The predicted molar refractivity (Wildman–Crippen MR) is 47.9 cm³/mol. The molecular weight excluding hydrogens is 156 g/mol. The number of nitrogens with one attached hydrogen (secondary N) is 1. The summed E-state index contributed by atoms with van der Waals surface area (Å²) in [4.78, 5) is 12.8. The van der Waals surface area contributed by atoms with E-state index >= 15 is 0 Å². The van der Waals surface area contributed by atoms with Gasteiger partial charge in [0.05, 0.1) is 12.6 Å². The molecular formula is C8H18N2O2. The fourth-order valence-electron chi connectivity index (χ4n) is 0.777. The average molecular weight is 174 g/mol. The van der Waals surface area contributed by atoms with Gasteiger partial charge in [-0.3, -0.25) is 4.79 Å². The topological polar surface area (TPSA) is 52.6 Å². The molecule has 1 atom stereocenters. The first-order valence-electron chi connectivity index (χ1n) is 4.14. The summed E-state index contributed by atoms with van der Waals surface area (Å²) in [6.45, 7) is 2.51. The Bertz CT molecular complexity index is 139. The standard InChI is InChI=1S/C8H18N2O2/c1-7(6-11)10(3)8(12)4-5-9-2/h7,9,11H,4-6H2,1-3H3. The Balaban J connectivity index is 3.75. The number of rotatable bonds is 5. The molecule has 1 amide bonds. The largest absolute Gasteiger partial charge is 0.394 e. The van der Waals surface area contributed by atoms with Crippen LogP contribution in [0.1, 0.15) is 13.3 Å². The van der Waals surface area contributed by atoms with Gasteiger partial charge in [0.1, 0.15) is 0 Å². The summed E-state index contributed by atoms with van der Waals surface area (Å²) < 4.78 is 0. The summed E-state index contributed by atoms with van der Waals surface area (Å²) in [5.74, 6) is 0.0610. The quantitative estimate of drug-likeness (QED) is 0.587. The van der Waals surface area contributed by atoms with Gasteiger partial charge in [-0.05, 0) is 14.0 Å². The highest BCUT2D eigenvalue weighted by Crippen LogP contribution is 1.96. The zero-order chi connectivity index (χ0) is 9.56. The smallest absolute Gasteiger partial charge is 0.223 e. The third-order valence-corrected chi connectivity index (χ3v) is 1.91. The van der Waals surface area contributed by atoms with Crippen LogP contribution in [0.25, 0.3) is 0 Å². The van der Waals surface area contributed by atoms with Crippen LogP contribution in [-0.4, -0.2) is 49.2 Å². The Morgan fingerprint density at radius 2 is 2.25 bits per heavy atom. The van der Waals surface area contributed by atoms with Crippen LogP contribution in [0, 0.1) is 0 Å². The zero-order valence-electron chi connectivity index (χ0n) is 8.00. The molecule has 0 aliphatic carbocycles. The first kappa shape index (κ1) is 11.4. The third kappa shape index (κ3) is 3.69. The highest BCUT2D eigenvalue weighted by molar-refractivity contribution is 5.76. The van der Waals surface area contributed by atoms with Crippen LogP contribution in [0.3, 0.4) is 0 Å². The van der Waals surface area contributed by atoms with Gasteiger partial charge >= 0.3 is 0 Å². The van der Waals surface area contributed by atoms with Gasteiger partial charge in [0.15, 0.2) is 0 Å². The minimum Gasteiger partial charge on any atom is -0.394 e. The van der Waals surface area contributed by atoms with Gasteiger partial charge in [0, 0.05) is 20.0 Å². The lowest BCUT2D eigenvalue weighted by Gasteiger charge is -2.22. The van der Waals surface area contributed by atoms with E-state index in [0.29, 0.717) is 13.0 Å². The number of likely N-dealkylation sites (N-methyl/N-ethyl adjacent to an activating group) is 1. The van der Waals surface area contributed by atoms with Gasteiger partial charge in [0.25, 0.3) is 0 Å². The van der Waals surface area contributed by atoms with E-state index in [2.05, 4.69) is 5.32 Å². The lowest BCUT2D eigenvalue weighted by atomic mass is 10.3. The van der Waals surface area contributed by atoms with Crippen LogP contribution >= 0.6 is 0 Å². The maximum atomic E-state index is 11.3. The van der Waals surface area contributed by atoms with Crippen molar-refractivity contribution in [3.63, 3.8) is 0 Å². The molecule has 2 N–H and O–H groups in total. The normalized spacial score (nSPS) is 12.7. The Kier molecular flexibility index (Phi) is 5.66. The van der Waals surface area contributed by atoms with Crippen LogP contribution in [-0.2, 0) is 4.79 Å². The van der Waals surface area contributed by atoms with Crippen molar-refractivity contribution in [1.82, 2.24) is 10.2 Å². The van der Waals surface area contributed by atoms with E-state index in [4.69, 9.17) is 5.11 Å². The van der Waals surface area contributed by atoms with Crippen molar-refractivity contribution in [2.24, 2.45) is 0 Å². The van der Waals surface area contributed by atoms with Gasteiger partial charge in [-0.2, -0.15) is 0 Å². The summed E-state index contributed by atoms with van der Waals surface area (Å²) in [6, 6.07) is -0.0886. The first-order valence-corrected chi connectivity index (χ1v) is 4.14. The molecule has 0 saturated carbocycles. The van der Waals surface area contributed by atoms with Crippen molar-refractivity contribution in [3.05, 3.63) is 0 Å². The first-order chi connectivity index (χ1) is 5.63. The van der Waals surface area contributed by atoms with E-state index in [-0.39, 0.29) is 18.6 Å². The Labute approximate surface area is 73.6 Å². The summed E-state index contributed by atoms with van der Waals surface area (Å²) in [5.41, 5.74) is 0. The molecule has 0 aromatic rings. The maximum Gasteiger partial charge on any atom is 0.223 e. The Hall–Kier alpha value is -0.610. The van der Waals surface area contributed by atoms with E-state index in [9.17, 15) is 4.79 Å². The average Bonchev–Trinajstić information content (AvgIpc) is 2.11. The summed E-state index contributed by atoms with van der Waals surface area (Å²) in [6.07, 6.45) is 0.483. The van der Waals surface area contributed by atoms with E-state index in [0.717, 1.165) is 0 Å². The predicted octanol–water partition coefficient (Wildman–Crippen LogP) is -0.565. The molecule has 0 aliphatic rings. The minimum absolute atomic E-state index is 0.0157. The molecule has 0 aromatic heterocycles. The van der Waals surface area contributed by atoms with Crippen molar-refractivity contribution in [1.29, 1.82) is 0 Å². The van der Waals surface area contributed by atoms with Gasteiger partial charge in [-0.15, -0.1) is 0 Å². The highest BCUT2D eigenvalue weighted by atomic mass is 16.3. The fraction of sp³-hybridized carbons (Fsp3) is 0.875. The van der Waals surface area contributed by atoms with Crippen LogP contribution in [0.4, 0.5) is 0 Å². The number of nitrogens with zero attached hydrogens (tertiary/aromatic N) is 1. The van der Waals surface area contributed by atoms with Crippen LogP contribution < -0.4 is 5.32 Å². The fourth-order valence-corrected chi connectivity index (χ4v) is 0.777. The second-order valence-electron chi connectivity index (χ2n) is 2.89. The number of aliphatic hydroxyl groups excluding tert-OH is 1. The summed E-state index contributed by atoms with van der Waals surface area (Å²) in [5, 5.41) is 11.7. The molecule has 4 nitrogen and oxygen atoms in total. The van der Waals surface area contributed by atoms with Crippen LogP contribution in [0.15, 0.2) is 0 Å². The molecule has 0 aliphatic heterocycles. The number of carbonyl (C=O) groups excluding carboxylic acids is 1.